The Bertz CT molecular complexity index is 731. The fourth-order valence-electron chi connectivity index (χ4n) is 3.00. The monoisotopic (exact) mass is 339 g/mol. The minimum Gasteiger partial charge on any atom is -0.465 e. The number of fused-ring (bicyclic) bond motifs is 1. The highest BCUT2D eigenvalue weighted by molar-refractivity contribution is 7.20. The molecule has 1 aliphatic heterocycles. The van der Waals surface area contributed by atoms with Crippen LogP contribution in [0.1, 0.15) is 41.4 Å². The van der Waals surface area contributed by atoms with Crippen LogP contribution in [0.15, 0.2) is 0 Å². The number of hydrogen-bond acceptors (Lipinski definition) is 6. The van der Waals surface area contributed by atoms with E-state index < -0.39 is 0 Å². The molecular formula is C15H18ClN3O2S. The van der Waals surface area contributed by atoms with Gasteiger partial charge in [-0.3, -0.25) is 0 Å². The van der Waals surface area contributed by atoms with E-state index in [-0.39, 0.29) is 11.3 Å². The molecule has 1 fully saturated rings. The standard InChI is InChI=1S/C15H18ClN3O2S/c1-8-6-4-5-7-19(8)12-10-9(2)11(14(20)21-3)22-13(10)18-15(16)17-12/h8H,4-7H2,1-3H3. The Labute approximate surface area is 138 Å². The number of anilines is 1. The Hall–Kier alpha value is -1.40. The Morgan fingerprint density at radius 2 is 2.18 bits per heavy atom. The van der Waals surface area contributed by atoms with Crippen LogP contribution >= 0.6 is 22.9 Å². The van der Waals surface area contributed by atoms with Gasteiger partial charge in [0.25, 0.3) is 0 Å². The molecule has 1 saturated heterocycles. The quantitative estimate of drug-likeness (QED) is 0.615. The number of methoxy groups -OCH3 is 1. The van der Waals surface area contributed by atoms with Gasteiger partial charge in [-0.25, -0.2) is 9.78 Å². The molecule has 2 aromatic rings. The number of hydrogen-bond donors (Lipinski definition) is 0. The average Bonchev–Trinajstić information content (AvgIpc) is 2.83. The van der Waals surface area contributed by atoms with Gasteiger partial charge < -0.3 is 9.64 Å². The summed E-state index contributed by atoms with van der Waals surface area (Å²) in [4.78, 5) is 24.3. The number of aromatic nitrogens is 2. The molecule has 0 aliphatic carbocycles. The molecule has 1 aliphatic rings. The number of aryl methyl sites for hydroxylation is 1. The lowest BCUT2D eigenvalue weighted by Crippen LogP contribution is -2.38. The zero-order valence-electron chi connectivity index (χ0n) is 12.9. The third-order valence-corrected chi connectivity index (χ3v) is 5.52. The summed E-state index contributed by atoms with van der Waals surface area (Å²) < 4.78 is 4.86. The first-order chi connectivity index (χ1) is 10.5. The second-order valence-corrected chi connectivity index (χ2v) is 6.92. The molecule has 22 heavy (non-hydrogen) atoms. The largest absolute Gasteiger partial charge is 0.465 e. The highest BCUT2D eigenvalue weighted by Crippen LogP contribution is 2.38. The average molecular weight is 340 g/mol. The maximum Gasteiger partial charge on any atom is 0.348 e. The van der Waals surface area contributed by atoms with E-state index in [0.717, 1.165) is 41.0 Å². The van der Waals surface area contributed by atoms with E-state index in [4.69, 9.17) is 16.3 Å². The van der Waals surface area contributed by atoms with E-state index in [1.165, 1.54) is 24.9 Å². The predicted molar refractivity (Wildman–Crippen MR) is 89.2 cm³/mol. The lowest BCUT2D eigenvalue weighted by Gasteiger charge is -2.34. The molecule has 7 heteroatoms. The number of carbonyl (C=O) groups excluding carboxylic acids is 1. The fourth-order valence-corrected chi connectivity index (χ4v) is 4.31. The number of thiophene rings is 1. The first-order valence-corrected chi connectivity index (χ1v) is 8.54. The second-order valence-electron chi connectivity index (χ2n) is 5.58. The van der Waals surface area contributed by atoms with Gasteiger partial charge in [-0.2, -0.15) is 4.98 Å². The predicted octanol–water partition coefficient (Wildman–Crippen LogP) is 3.82. The van der Waals surface area contributed by atoms with Gasteiger partial charge in [0.1, 0.15) is 15.5 Å². The van der Waals surface area contributed by atoms with Crippen molar-refractivity contribution in [1.29, 1.82) is 0 Å². The topological polar surface area (TPSA) is 55.3 Å². The lowest BCUT2D eigenvalue weighted by atomic mass is 10.0. The molecular weight excluding hydrogens is 322 g/mol. The van der Waals surface area contributed by atoms with Gasteiger partial charge in [0.05, 0.1) is 12.5 Å². The summed E-state index contributed by atoms with van der Waals surface area (Å²) in [6.07, 6.45) is 3.51. The highest BCUT2D eigenvalue weighted by Gasteiger charge is 2.26. The van der Waals surface area contributed by atoms with Crippen LogP contribution in [0.3, 0.4) is 0 Å². The smallest absolute Gasteiger partial charge is 0.348 e. The van der Waals surface area contributed by atoms with E-state index in [0.29, 0.717) is 10.9 Å². The molecule has 0 N–H and O–H groups in total. The number of piperidine rings is 1. The van der Waals surface area contributed by atoms with Crippen LogP contribution in [-0.2, 0) is 4.74 Å². The molecule has 3 rings (SSSR count). The molecule has 0 saturated carbocycles. The maximum atomic E-state index is 11.9. The Kier molecular flexibility index (Phi) is 4.23. The maximum absolute atomic E-state index is 11.9. The summed E-state index contributed by atoms with van der Waals surface area (Å²) in [5, 5.41) is 1.14. The van der Waals surface area contributed by atoms with E-state index in [1.54, 1.807) is 0 Å². The number of carbonyl (C=O) groups is 1. The van der Waals surface area contributed by atoms with E-state index >= 15 is 0 Å². The van der Waals surface area contributed by atoms with Gasteiger partial charge in [-0.05, 0) is 50.3 Å². The van der Waals surface area contributed by atoms with E-state index in [1.807, 2.05) is 6.92 Å². The van der Waals surface area contributed by atoms with Gasteiger partial charge in [-0.15, -0.1) is 11.3 Å². The third kappa shape index (κ3) is 2.54. The van der Waals surface area contributed by atoms with Crippen LogP contribution in [0.4, 0.5) is 5.82 Å². The summed E-state index contributed by atoms with van der Waals surface area (Å²) in [7, 11) is 1.39. The molecule has 0 amide bonds. The van der Waals surface area contributed by atoms with Crippen LogP contribution in [0, 0.1) is 6.92 Å². The zero-order chi connectivity index (χ0) is 15.9. The molecule has 2 aromatic heterocycles. The van der Waals surface area contributed by atoms with Crippen molar-refractivity contribution in [3.05, 3.63) is 15.7 Å². The molecule has 0 radical (unpaired) electrons. The number of esters is 1. The van der Waals surface area contributed by atoms with Crippen molar-refractivity contribution in [3.63, 3.8) is 0 Å². The summed E-state index contributed by atoms with van der Waals surface area (Å²) in [6, 6.07) is 0.406. The highest BCUT2D eigenvalue weighted by atomic mass is 35.5. The number of rotatable bonds is 2. The molecule has 1 atom stereocenters. The summed E-state index contributed by atoms with van der Waals surface area (Å²) >= 11 is 7.42. The summed E-state index contributed by atoms with van der Waals surface area (Å²) in [5.41, 5.74) is 0.872. The van der Waals surface area contributed by atoms with E-state index in [9.17, 15) is 4.79 Å². The van der Waals surface area contributed by atoms with Crippen molar-refractivity contribution < 1.29 is 9.53 Å². The van der Waals surface area contributed by atoms with Crippen molar-refractivity contribution in [2.24, 2.45) is 0 Å². The number of nitrogens with zero attached hydrogens (tertiary/aromatic N) is 3. The second kappa shape index (κ2) is 6.01. The minimum atomic E-state index is -0.339. The Morgan fingerprint density at radius 1 is 1.41 bits per heavy atom. The fraction of sp³-hybridized carbons (Fsp3) is 0.533. The molecule has 0 spiro atoms. The van der Waals surface area contributed by atoms with Crippen molar-refractivity contribution in [1.82, 2.24) is 9.97 Å². The lowest BCUT2D eigenvalue weighted by molar-refractivity contribution is 0.0605. The van der Waals surface area contributed by atoms with E-state index in [2.05, 4.69) is 21.8 Å². The van der Waals surface area contributed by atoms with Gasteiger partial charge in [0, 0.05) is 12.6 Å². The van der Waals surface area contributed by atoms with Crippen molar-refractivity contribution in [2.75, 3.05) is 18.6 Å². The number of halogens is 1. The van der Waals surface area contributed by atoms with Gasteiger partial charge >= 0.3 is 5.97 Å². The van der Waals surface area contributed by atoms with Crippen LogP contribution in [0.2, 0.25) is 5.28 Å². The van der Waals surface area contributed by atoms with Crippen LogP contribution in [0.5, 0.6) is 0 Å². The first kappa shape index (κ1) is 15.5. The Balaban J connectivity index is 2.20. The van der Waals surface area contributed by atoms with Crippen LogP contribution in [0.25, 0.3) is 10.2 Å². The normalized spacial score (nSPS) is 18.7. The molecule has 1 unspecified atom stereocenters. The minimum absolute atomic E-state index is 0.220. The third-order valence-electron chi connectivity index (χ3n) is 4.19. The van der Waals surface area contributed by atoms with Gasteiger partial charge in [0.15, 0.2) is 0 Å². The van der Waals surface area contributed by atoms with Crippen LogP contribution in [-0.4, -0.2) is 35.6 Å². The van der Waals surface area contributed by atoms with Crippen molar-refractivity contribution >= 4 is 44.9 Å². The Morgan fingerprint density at radius 3 is 2.86 bits per heavy atom. The molecule has 118 valence electrons. The summed E-state index contributed by atoms with van der Waals surface area (Å²) in [6.45, 7) is 5.07. The molecule has 0 bridgehead atoms. The molecule has 3 heterocycles. The number of ether oxygens (including phenoxy) is 1. The zero-order valence-corrected chi connectivity index (χ0v) is 14.4. The van der Waals surface area contributed by atoms with Crippen molar-refractivity contribution in [3.8, 4) is 0 Å². The summed E-state index contributed by atoms with van der Waals surface area (Å²) in [5.74, 6) is 0.500. The molecule has 5 nitrogen and oxygen atoms in total. The van der Waals surface area contributed by atoms with Crippen LogP contribution < -0.4 is 4.90 Å². The SMILES string of the molecule is COC(=O)c1sc2nc(Cl)nc(N3CCCCC3C)c2c1C. The first-order valence-electron chi connectivity index (χ1n) is 7.34. The van der Waals surface area contributed by atoms with Gasteiger partial charge in [0.2, 0.25) is 5.28 Å². The van der Waals surface area contributed by atoms with Crippen molar-refractivity contribution in [2.45, 2.75) is 39.2 Å². The van der Waals surface area contributed by atoms with Gasteiger partial charge in [-0.1, -0.05) is 0 Å². The molecule has 0 aromatic carbocycles.